The molecule has 0 bridgehead atoms. The minimum atomic E-state index is -4.06. The molecule has 0 radical (unpaired) electrons. The van der Waals surface area contributed by atoms with Gasteiger partial charge >= 0.3 is 11.5 Å². The van der Waals surface area contributed by atoms with Crippen LogP contribution in [0.2, 0.25) is 0 Å². The maximum atomic E-state index is 11.2. The average molecular weight is 1240 g/mol. The predicted octanol–water partition coefficient (Wildman–Crippen LogP) is 16.8. The predicted molar refractivity (Wildman–Crippen MR) is 363 cm³/mol. The summed E-state index contributed by atoms with van der Waals surface area (Å²) < 4.78 is 31.8. The fourth-order valence-corrected chi connectivity index (χ4v) is 9.33. The second kappa shape index (κ2) is 52.0. The fourth-order valence-electron chi connectivity index (χ4n) is 9.20. The zero-order chi connectivity index (χ0) is 36.7. The highest BCUT2D eigenvalue weighted by Gasteiger charge is 2.59. The number of rotatable bonds is 7. The van der Waals surface area contributed by atoms with Gasteiger partial charge in [0, 0.05) is 40.6 Å². The Bertz CT molecular complexity index is 1300. The van der Waals surface area contributed by atoms with Crippen molar-refractivity contribution in [1.29, 1.82) is 0 Å². The Balaban J connectivity index is -0.0000000368. The molecule has 4 aliphatic carbocycles. The number of amides is 1. The van der Waals surface area contributed by atoms with Crippen molar-refractivity contribution in [3.63, 3.8) is 0 Å². The first-order valence-corrected chi connectivity index (χ1v) is 20.5. The zero-order valence-corrected chi connectivity index (χ0v) is 50.4. The lowest BCUT2D eigenvalue weighted by Crippen LogP contribution is -2.51. The molecule has 0 aromatic carbocycles. The van der Waals surface area contributed by atoms with Gasteiger partial charge in [-0.2, -0.15) is 162 Å². The monoisotopic (exact) mass is 1240 g/mol. The number of carbonyl (C=O) groups is 2. The molecule has 4 rings (SSSR count). The van der Waals surface area contributed by atoms with E-state index >= 15 is 0 Å². The maximum Gasteiger partial charge on any atom is 0.404 e. The second-order valence-electron chi connectivity index (χ2n) is 16.9. The summed E-state index contributed by atoms with van der Waals surface area (Å²) >= 11 is 5.51. The lowest BCUT2D eigenvalue weighted by molar-refractivity contribution is -0.141. The molecule has 1 amide bonds. The molecule has 430 valence electrons. The number of hydrogen-bond donors (Lipinski definition) is 2. The van der Waals surface area contributed by atoms with E-state index in [1.807, 2.05) is 0 Å². The highest BCUT2D eigenvalue weighted by Crippen LogP contribution is 2.67. The standard InChI is InChI=1S/C28H45ClO2.C5H9N3O2.C2H8O4S.7CH4.12H2S/c1-18(2)7-6-8-19(3)23-11-12-24-22-10-9-20-17-21(31-26(29)30)13-15-27(20,4)25(22)14-16-28(23,24)5;1-5(2,3)10-4(9)7-8-6;1-7(2,4,5)6-3;;;;;;;;;;;;;;;;;;;/h9,18-19,21-25H,6-8,10-17H2,1-5H3;1-3H3;3H,1-2H3,(H,4,5);7*1H4;12*1H2. The first-order chi connectivity index (χ1) is 21.9. The van der Waals surface area contributed by atoms with Crippen LogP contribution in [0.25, 0.3) is 10.4 Å². The van der Waals surface area contributed by atoms with Gasteiger partial charge in [0.05, 0.1) is 0 Å². The third-order valence-electron chi connectivity index (χ3n) is 11.3. The smallest absolute Gasteiger partial charge is 0.404 e. The van der Waals surface area contributed by atoms with Crippen LogP contribution in [0.3, 0.4) is 0 Å². The van der Waals surface area contributed by atoms with Crippen molar-refractivity contribution in [3.8, 4) is 0 Å². The van der Waals surface area contributed by atoms with Crippen LogP contribution in [0, 0.1) is 46.3 Å². The van der Waals surface area contributed by atoms with Crippen molar-refractivity contribution < 1.29 is 37.4 Å². The van der Waals surface area contributed by atoms with Crippen LogP contribution in [0.5, 0.6) is 0 Å². The van der Waals surface area contributed by atoms with Gasteiger partial charge in [-0.3, -0.25) is 0 Å². The highest BCUT2D eigenvalue weighted by molar-refractivity contribution is 8.09. The molecule has 8 unspecified atom stereocenters. The molecule has 2 N–H and O–H groups in total. The van der Waals surface area contributed by atoms with Crippen LogP contribution >= 0.6 is 174 Å². The van der Waals surface area contributed by atoms with Gasteiger partial charge < -0.3 is 14.0 Å². The molecule has 4 aliphatic rings. The fraction of sp³-hybridized carbons (Fsp3) is 0.905. The quantitative estimate of drug-likeness (QED) is 0.0483. The van der Waals surface area contributed by atoms with E-state index in [2.05, 4.69) is 59.8 Å². The number of azide groups is 1. The molecule has 0 aromatic heterocycles. The molecule has 8 atom stereocenters. The zero-order valence-electron chi connectivity index (χ0n) is 36.9. The highest BCUT2D eigenvalue weighted by atomic mass is 35.5. The van der Waals surface area contributed by atoms with Crippen molar-refractivity contribution in [2.45, 2.75) is 190 Å². The average Bonchev–Trinajstić information content (AvgIpc) is 3.29. The molecular weight excluding hydrogens is 1130 g/mol. The van der Waals surface area contributed by atoms with E-state index in [4.69, 9.17) is 31.7 Å². The first kappa shape index (κ1) is 123. The molecule has 67 heavy (non-hydrogen) atoms. The molecule has 0 heterocycles. The van der Waals surface area contributed by atoms with Crippen LogP contribution in [-0.2, 0) is 23.4 Å². The van der Waals surface area contributed by atoms with Crippen LogP contribution in [0.15, 0.2) is 16.8 Å². The lowest BCUT2D eigenvalue weighted by atomic mass is 9.47. The summed E-state index contributed by atoms with van der Waals surface area (Å²) in [4.78, 5) is 23.9. The topological polar surface area (TPSA) is 168 Å². The van der Waals surface area contributed by atoms with Gasteiger partial charge in [-0.1, -0.05) is 118 Å². The maximum absolute atomic E-state index is 11.2. The molecule has 0 saturated heterocycles. The van der Waals surface area contributed by atoms with Crippen molar-refractivity contribution >= 4 is 195 Å². The number of nitrogens with zero attached hydrogens (tertiary/aromatic N) is 3. The number of carbonyl (C=O) groups excluding carboxylic acids is 2. The summed E-state index contributed by atoms with van der Waals surface area (Å²) in [5, 5.41) is 10.4. The molecule has 0 aromatic rings. The molecule has 3 saturated carbocycles. The number of ether oxygens (including phenoxy) is 2. The van der Waals surface area contributed by atoms with E-state index in [-0.39, 0.29) is 220 Å². The Morgan fingerprint density at radius 3 is 1.64 bits per heavy atom. The van der Waals surface area contributed by atoms with Crippen LogP contribution < -0.4 is 0 Å². The summed E-state index contributed by atoms with van der Waals surface area (Å²) in [6.45, 7) is 17.5. The largest absolute Gasteiger partial charge is 0.455 e. The van der Waals surface area contributed by atoms with E-state index in [0.717, 1.165) is 67.3 Å². The summed E-state index contributed by atoms with van der Waals surface area (Å²) in [6, 6.07) is 0. The van der Waals surface area contributed by atoms with Gasteiger partial charge in [-0.05, 0) is 118 Å². The number of halogens is 1. The molecule has 0 spiro atoms. The van der Waals surface area contributed by atoms with Gasteiger partial charge in [-0.25, -0.2) is 19.1 Å². The van der Waals surface area contributed by atoms with Crippen LogP contribution in [0.4, 0.5) is 9.59 Å². The molecular formula is C42H114ClN3O8S13. The van der Waals surface area contributed by atoms with E-state index in [0.29, 0.717) is 10.8 Å². The van der Waals surface area contributed by atoms with E-state index in [1.54, 1.807) is 26.3 Å². The Morgan fingerprint density at radius 2 is 1.27 bits per heavy atom. The second-order valence-corrected chi connectivity index (χ2v) is 20.7. The van der Waals surface area contributed by atoms with E-state index in [1.165, 1.54) is 51.4 Å². The van der Waals surface area contributed by atoms with Gasteiger partial charge in [0.15, 0.2) is 0 Å². The van der Waals surface area contributed by atoms with Crippen molar-refractivity contribution in [2.75, 3.05) is 12.5 Å². The van der Waals surface area contributed by atoms with Crippen molar-refractivity contribution in [1.82, 2.24) is 0 Å². The molecule has 11 nitrogen and oxygen atoms in total. The Morgan fingerprint density at radius 1 is 0.821 bits per heavy atom. The molecule has 0 aliphatic heterocycles. The molecule has 25 heteroatoms. The summed E-state index contributed by atoms with van der Waals surface area (Å²) in [7, 11) is -4.06. The Kier molecular flexibility index (Phi) is 95.4. The van der Waals surface area contributed by atoms with Gasteiger partial charge in [-0.15, -0.1) is 4.33 Å². The summed E-state index contributed by atoms with van der Waals surface area (Å²) in [6.07, 6.45) is 17.6. The number of fused-ring (bicyclic) bond motifs is 5. The van der Waals surface area contributed by atoms with Crippen LogP contribution in [-0.4, -0.2) is 49.8 Å². The van der Waals surface area contributed by atoms with E-state index in [9.17, 15) is 13.8 Å². The third-order valence-corrected chi connectivity index (χ3v) is 11.8. The number of allylic oxidation sites excluding steroid dienone is 1. The molecule has 3 fully saturated rings. The summed E-state index contributed by atoms with van der Waals surface area (Å²) in [5.74, 6) is 5.19. The van der Waals surface area contributed by atoms with Crippen LogP contribution in [0.1, 0.15) is 178 Å². The Labute approximate surface area is 503 Å². The summed E-state index contributed by atoms with van der Waals surface area (Å²) in [5.41, 5.74) is 8.97. The van der Waals surface area contributed by atoms with Gasteiger partial charge in [0.2, 0.25) is 0 Å². The normalized spacial score (nSPS) is 23.2. The first-order valence-electron chi connectivity index (χ1n) is 17.5. The third kappa shape index (κ3) is 40.5. The minimum Gasteiger partial charge on any atom is -0.455 e. The SMILES string of the molecule is C.C.C.C.C.C.C.CC(C)(C)OC(=O)N=[N+]=[N-].CC(C)CCCC(C)C1CCC2C3CC=C4CC(OC(=O)Cl)CCC4(C)C3CCC12C.CS(C)(=O)(O)OO.S.S.S.S.S.S.S.S.S.S.S.S. The Hall–Kier alpha value is 2.51. The van der Waals surface area contributed by atoms with Crippen molar-refractivity contribution in [3.05, 3.63) is 22.1 Å². The lowest BCUT2D eigenvalue weighted by Gasteiger charge is -2.58. The minimum absolute atomic E-state index is 0. The van der Waals surface area contributed by atoms with E-state index < -0.39 is 26.8 Å². The number of hydrogen-bond acceptors (Lipinski definition) is 7. The van der Waals surface area contributed by atoms with Gasteiger partial charge in [0.25, 0.3) is 0 Å². The van der Waals surface area contributed by atoms with Gasteiger partial charge in [0.1, 0.15) is 21.3 Å². The van der Waals surface area contributed by atoms with Crippen molar-refractivity contribution in [2.24, 2.45) is 51.5 Å².